The van der Waals surface area contributed by atoms with Crippen LogP contribution in [-0.4, -0.2) is 11.7 Å². The van der Waals surface area contributed by atoms with Gasteiger partial charge in [0.2, 0.25) is 5.91 Å². The summed E-state index contributed by atoms with van der Waals surface area (Å²) in [7, 11) is 0. The summed E-state index contributed by atoms with van der Waals surface area (Å²) < 4.78 is 0. The van der Waals surface area contributed by atoms with E-state index in [4.69, 9.17) is 0 Å². The molecule has 2 unspecified atom stereocenters. The first-order chi connectivity index (χ1) is 8.74. The summed E-state index contributed by atoms with van der Waals surface area (Å²) in [5.41, 5.74) is 4.16. The molecule has 1 N–H and O–H groups in total. The highest BCUT2D eigenvalue weighted by Gasteiger charge is 2.40. The van der Waals surface area contributed by atoms with Gasteiger partial charge in [-0.3, -0.25) is 9.59 Å². The lowest BCUT2D eigenvalue weighted by molar-refractivity contribution is -0.120. The summed E-state index contributed by atoms with van der Waals surface area (Å²) >= 11 is 0. The van der Waals surface area contributed by atoms with Gasteiger partial charge in [-0.15, -0.1) is 0 Å². The van der Waals surface area contributed by atoms with E-state index in [0.717, 1.165) is 36.9 Å². The maximum atomic E-state index is 12.0. The molecule has 92 valence electrons. The minimum absolute atomic E-state index is 0.149. The number of Topliss-reactive ketones (excluding diaryl/α,β-unsaturated/α-hetero) is 1. The molecule has 1 aromatic rings. The summed E-state index contributed by atoms with van der Waals surface area (Å²) in [5, 5.41) is 2.99. The van der Waals surface area contributed by atoms with Crippen LogP contribution in [0.5, 0.6) is 0 Å². The lowest BCUT2D eigenvalue weighted by Crippen LogP contribution is -2.30. The number of hydrogen-bond acceptors (Lipinski definition) is 2. The maximum absolute atomic E-state index is 12.0. The van der Waals surface area contributed by atoms with Gasteiger partial charge in [0, 0.05) is 23.6 Å². The number of hydrogen-bond donors (Lipinski definition) is 1. The van der Waals surface area contributed by atoms with Crippen molar-refractivity contribution in [2.24, 2.45) is 5.92 Å². The van der Waals surface area contributed by atoms with Crippen LogP contribution in [0.25, 0.3) is 0 Å². The van der Waals surface area contributed by atoms with Gasteiger partial charge in [0.05, 0.1) is 0 Å². The maximum Gasteiger partial charge on any atom is 0.228 e. The fraction of sp³-hybridized carbons (Fsp3) is 0.467. The fourth-order valence-corrected chi connectivity index (χ4v) is 3.80. The van der Waals surface area contributed by atoms with Crippen LogP contribution in [0.1, 0.15) is 53.1 Å². The number of amides is 1. The molecule has 3 nitrogen and oxygen atoms in total. The monoisotopic (exact) mass is 241 g/mol. The van der Waals surface area contributed by atoms with Gasteiger partial charge < -0.3 is 5.32 Å². The van der Waals surface area contributed by atoms with Gasteiger partial charge in [-0.25, -0.2) is 0 Å². The molecule has 1 aliphatic heterocycles. The zero-order chi connectivity index (χ0) is 12.3. The van der Waals surface area contributed by atoms with Crippen LogP contribution >= 0.6 is 0 Å². The summed E-state index contributed by atoms with van der Waals surface area (Å²) in [6.07, 6.45) is 4.75. The predicted molar refractivity (Wildman–Crippen MR) is 67.8 cm³/mol. The first-order valence-corrected chi connectivity index (χ1v) is 6.75. The lowest BCUT2D eigenvalue weighted by Gasteiger charge is -2.28. The molecule has 1 fully saturated rings. The molecule has 0 radical (unpaired) electrons. The highest BCUT2D eigenvalue weighted by molar-refractivity contribution is 6.04. The average Bonchev–Trinajstić information content (AvgIpc) is 2.96. The number of benzene rings is 1. The second-order valence-electron chi connectivity index (χ2n) is 5.65. The van der Waals surface area contributed by atoms with E-state index in [1.807, 2.05) is 6.07 Å². The quantitative estimate of drug-likeness (QED) is 0.759. The van der Waals surface area contributed by atoms with Crippen LogP contribution in [0.15, 0.2) is 12.1 Å². The molecule has 0 spiro atoms. The summed E-state index contributed by atoms with van der Waals surface area (Å²) in [6, 6.07) is 4.09. The molecule has 4 rings (SSSR count). The number of anilines is 1. The van der Waals surface area contributed by atoms with Gasteiger partial charge in [-0.1, -0.05) is 12.5 Å². The van der Waals surface area contributed by atoms with Crippen molar-refractivity contribution in [3.63, 3.8) is 0 Å². The van der Waals surface area contributed by atoms with E-state index in [1.165, 1.54) is 11.1 Å². The Kier molecular flexibility index (Phi) is 1.97. The molecule has 0 aromatic heterocycles. The normalized spacial score (nSPS) is 28.7. The standard InChI is InChI=1S/C15H15NO2/c17-14-5-4-8-6-12-9-2-1-3-10(9)15(18)16-13(12)7-11(8)14/h6-7,9-10H,1-5H2,(H,16,18). The van der Waals surface area contributed by atoms with E-state index in [2.05, 4.69) is 11.4 Å². The SMILES string of the molecule is O=C1CCc2cc3c(cc21)NC(=O)C1CCCC31. The molecule has 1 amide bonds. The molecule has 2 atom stereocenters. The Morgan fingerprint density at radius 1 is 1.06 bits per heavy atom. The molecule has 0 bridgehead atoms. The minimum Gasteiger partial charge on any atom is -0.326 e. The largest absolute Gasteiger partial charge is 0.326 e. The molecule has 1 aromatic carbocycles. The number of aryl methyl sites for hydroxylation is 1. The van der Waals surface area contributed by atoms with Gasteiger partial charge in [0.15, 0.2) is 5.78 Å². The van der Waals surface area contributed by atoms with Gasteiger partial charge >= 0.3 is 0 Å². The smallest absolute Gasteiger partial charge is 0.228 e. The molecule has 2 aliphatic carbocycles. The van der Waals surface area contributed by atoms with Crippen molar-refractivity contribution in [3.8, 4) is 0 Å². The zero-order valence-electron chi connectivity index (χ0n) is 10.2. The lowest BCUT2D eigenvalue weighted by atomic mass is 9.82. The highest BCUT2D eigenvalue weighted by Crippen LogP contribution is 2.47. The third-order valence-electron chi connectivity index (χ3n) is 4.71. The second-order valence-corrected chi connectivity index (χ2v) is 5.65. The van der Waals surface area contributed by atoms with Crippen molar-refractivity contribution in [1.29, 1.82) is 0 Å². The van der Waals surface area contributed by atoms with Gasteiger partial charge in [0.25, 0.3) is 0 Å². The zero-order valence-corrected chi connectivity index (χ0v) is 10.2. The molecule has 1 heterocycles. The minimum atomic E-state index is 0.149. The number of nitrogens with one attached hydrogen (secondary N) is 1. The Balaban J connectivity index is 1.89. The van der Waals surface area contributed by atoms with Crippen molar-refractivity contribution >= 4 is 17.4 Å². The molecule has 1 saturated carbocycles. The summed E-state index contributed by atoms with van der Waals surface area (Å²) in [6.45, 7) is 0. The van der Waals surface area contributed by atoms with Crippen molar-refractivity contribution < 1.29 is 9.59 Å². The van der Waals surface area contributed by atoms with Crippen molar-refractivity contribution in [2.75, 3.05) is 5.32 Å². The number of fused-ring (bicyclic) bond motifs is 4. The Morgan fingerprint density at radius 3 is 2.78 bits per heavy atom. The number of carbonyl (C=O) groups is 2. The summed E-state index contributed by atoms with van der Waals surface area (Å²) in [4.78, 5) is 23.8. The van der Waals surface area contributed by atoms with Crippen LogP contribution in [-0.2, 0) is 11.2 Å². The third-order valence-corrected chi connectivity index (χ3v) is 4.71. The topological polar surface area (TPSA) is 46.2 Å². The molecular weight excluding hydrogens is 226 g/mol. The number of carbonyl (C=O) groups excluding carboxylic acids is 2. The Bertz CT molecular complexity index is 576. The first-order valence-electron chi connectivity index (χ1n) is 6.75. The van der Waals surface area contributed by atoms with Crippen molar-refractivity contribution in [2.45, 2.75) is 38.0 Å². The third kappa shape index (κ3) is 1.25. The molecule has 18 heavy (non-hydrogen) atoms. The van der Waals surface area contributed by atoms with Crippen LogP contribution in [0, 0.1) is 5.92 Å². The van der Waals surface area contributed by atoms with E-state index >= 15 is 0 Å². The Hall–Kier alpha value is -1.64. The average molecular weight is 241 g/mol. The van der Waals surface area contributed by atoms with E-state index in [1.54, 1.807) is 0 Å². The van der Waals surface area contributed by atoms with E-state index < -0.39 is 0 Å². The Labute approximate surface area is 106 Å². The predicted octanol–water partition coefficient (Wildman–Crippen LogP) is 2.65. The van der Waals surface area contributed by atoms with Gasteiger partial charge in [-0.2, -0.15) is 0 Å². The fourth-order valence-electron chi connectivity index (χ4n) is 3.80. The van der Waals surface area contributed by atoms with Crippen molar-refractivity contribution in [1.82, 2.24) is 0 Å². The summed E-state index contributed by atoms with van der Waals surface area (Å²) in [5.74, 6) is 0.911. The van der Waals surface area contributed by atoms with Crippen molar-refractivity contribution in [3.05, 3.63) is 28.8 Å². The molecule has 3 heteroatoms. The first kappa shape index (κ1) is 10.3. The van der Waals surface area contributed by atoms with Gasteiger partial charge in [-0.05, 0) is 42.4 Å². The van der Waals surface area contributed by atoms with Gasteiger partial charge in [0.1, 0.15) is 0 Å². The molecule has 0 saturated heterocycles. The Morgan fingerprint density at radius 2 is 1.89 bits per heavy atom. The van der Waals surface area contributed by atoms with E-state index in [0.29, 0.717) is 12.3 Å². The highest BCUT2D eigenvalue weighted by atomic mass is 16.2. The number of ketones is 1. The second kappa shape index (κ2) is 3.44. The molecular formula is C15H15NO2. The van der Waals surface area contributed by atoms with Crippen LogP contribution in [0.3, 0.4) is 0 Å². The van der Waals surface area contributed by atoms with Crippen LogP contribution in [0.4, 0.5) is 5.69 Å². The van der Waals surface area contributed by atoms with Crippen LogP contribution < -0.4 is 5.32 Å². The molecule has 3 aliphatic rings. The van der Waals surface area contributed by atoms with Crippen LogP contribution in [0.2, 0.25) is 0 Å². The van der Waals surface area contributed by atoms with E-state index in [9.17, 15) is 9.59 Å². The van der Waals surface area contributed by atoms with E-state index in [-0.39, 0.29) is 17.6 Å². The number of rotatable bonds is 0.